The Morgan fingerprint density at radius 1 is 1.04 bits per heavy atom. The Kier molecular flexibility index (Phi) is 3.15. The van der Waals surface area contributed by atoms with E-state index in [2.05, 4.69) is 48.3 Å². The fourth-order valence-electron chi connectivity index (χ4n) is 3.43. The zero-order chi connectivity index (χ0) is 16.0. The number of benzene rings is 2. The van der Waals surface area contributed by atoms with E-state index < -0.39 is 0 Å². The highest BCUT2D eigenvalue weighted by Gasteiger charge is 2.23. The fraction of sp³-hybridized carbons (Fsp3) is 0.150. The Labute approximate surface area is 134 Å². The van der Waals surface area contributed by atoms with Gasteiger partial charge in [0, 0.05) is 23.7 Å². The summed E-state index contributed by atoms with van der Waals surface area (Å²) in [7, 11) is 0. The first-order valence-corrected chi connectivity index (χ1v) is 7.76. The molecule has 114 valence electrons. The van der Waals surface area contributed by atoms with Gasteiger partial charge in [-0.3, -0.25) is 4.98 Å². The minimum absolute atomic E-state index is 0.0320. The number of fused-ring (bicyclic) bond motifs is 3. The summed E-state index contributed by atoms with van der Waals surface area (Å²) in [6.07, 6.45) is 2.12. The number of hydrogen-bond donors (Lipinski definition) is 1. The molecular formula is C20H17FN2. The second kappa shape index (κ2) is 5.20. The van der Waals surface area contributed by atoms with Crippen molar-refractivity contribution in [3.63, 3.8) is 0 Å². The third-order valence-electron chi connectivity index (χ3n) is 4.73. The van der Waals surface area contributed by atoms with Crippen molar-refractivity contribution in [1.29, 1.82) is 0 Å². The van der Waals surface area contributed by atoms with Crippen LogP contribution in [-0.4, -0.2) is 4.98 Å². The molecule has 0 fully saturated rings. The second-order valence-electron chi connectivity index (χ2n) is 6.05. The van der Waals surface area contributed by atoms with Crippen LogP contribution in [0.4, 0.5) is 10.1 Å². The van der Waals surface area contributed by atoms with Crippen molar-refractivity contribution in [3.05, 3.63) is 82.9 Å². The number of nitrogens with two attached hydrogens (primary N) is 1. The highest BCUT2D eigenvalue weighted by molar-refractivity contribution is 5.82. The molecule has 0 saturated heterocycles. The Morgan fingerprint density at radius 3 is 2.65 bits per heavy atom. The molecule has 1 unspecified atom stereocenters. The molecule has 1 aliphatic carbocycles. The van der Waals surface area contributed by atoms with E-state index >= 15 is 0 Å². The summed E-state index contributed by atoms with van der Waals surface area (Å²) in [5.74, 6) is -0.289. The SMILES string of the molecule is CC(c1ccc(F)cn1)c1ccc2c(c1N)Cc1ccccc1-2. The van der Waals surface area contributed by atoms with E-state index in [0.717, 1.165) is 23.4 Å². The maximum Gasteiger partial charge on any atom is 0.141 e. The normalized spacial score (nSPS) is 13.5. The summed E-state index contributed by atoms with van der Waals surface area (Å²) in [4.78, 5) is 4.20. The van der Waals surface area contributed by atoms with Crippen LogP contribution in [0.1, 0.15) is 35.2 Å². The smallest absolute Gasteiger partial charge is 0.141 e. The first-order valence-electron chi connectivity index (χ1n) is 7.76. The van der Waals surface area contributed by atoms with E-state index in [-0.39, 0.29) is 11.7 Å². The average Bonchev–Trinajstić information content (AvgIpc) is 2.95. The highest BCUT2D eigenvalue weighted by Crippen LogP contribution is 2.42. The Morgan fingerprint density at radius 2 is 1.87 bits per heavy atom. The minimum Gasteiger partial charge on any atom is -0.398 e. The largest absolute Gasteiger partial charge is 0.398 e. The zero-order valence-corrected chi connectivity index (χ0v) is 12.9. The molecule has 0 amide bonds. The lowest BCUT2D eigenvalue weighted by molar-refractivity contribution is 0.618. The van der Waals surface area contributed by atoms with Crippen LogP contribution in [0.15, 0.2) is 54.7 Å². The maximum absolute atomic E-state index is 13.1. The van der Waals surface area contributed by atoms with Crippen LogP contribution in [0.3, 0.4) is 0 Å². The molecular weight excluding hydrogens is 287 g/mol. The van der Waals surface area contributed by atoms with Gasteiger partial charge < -0.3 is 5.73 Å². The van der Waals surface area contributed by atoms with Crippen LogP contribution in [0, 0.1) is 5.82 Å². The first kappa shape index (κ1) is 13.9. The molecule has 3 heteroatoms. The summed E-state index contributed by atoms with van der Waals surface area (Å²) in [5, 5.41) is 0. The van der Waals surface area contributed by atoms with Crippen LogP contribution in [0.5, 0.6) is 0 Å². The van der Waals surface area contributed by atoms with Crippen molar-refractivity contribution in [2.45, 2.75) is 19.3 Å². The van der Waals surface area contributed by atoms with Crippen LogP contribution in [0.2, 0.25) is 0 Å². The predicted octanol–water partition coefficient (Wildman–Crippen LogP) is 4.53. The van der Waals surface area contributed by atoms with E-state index in [1.54, 1.807) is 6.07 Å². The van der Waals surface area contributed by atoms with Gasteiger partial charge in [0.15, 0.2) is 0 Å². The minimum atomic E-state index is -0.321. The second-order valence-corrected chi connectivity index (χ2v) is 6.05. The van der Waals surface area contributed by atoms with Crippen molar-refractivity contribution in [3.8, 4) is 11.1 Å². The van der Waals surface area contributed by atoms with Crippen LogP contribution in [0.25, 0.3) is 11.1 Å². The van der Waals surface area contributed by atoms with Gasteiger partial charge in [-0.25, -0.2) is 4.39 Å². The van der Waals surface area contributed by atoms with Crippen molar-refractivity contribution < 1.29 is 4.39 Å². The van der Waals surface area contributed by atoms with Crippen LogP contribution < -0.4 is 5.73 Å². The van der Waals surface area contributed by atoms with Crippen molar-refractivity contribution >= 4 is 5.69 Å². The van der Waals surface area contributed by atoms with Gasteiger partial charge in [0.05, 0.1) is 6.20 Å². The summed E-state index contributed by atoms with van der Waals surface area (Å²) in [6.45, 7) is 2.06. The van der Waals surface area contributed by atoms with Gasteiger partial charge in [0.2, 0.25) is 0 Å². The number of hydrogen-bond acceptors (Lipinski definition) is 2. The van der Waals surface area contributed by atoms with Gasteiger partial charge >= 0.3 is 0 Å². The molecule has 2 N–H and O–H groups in total. The van der Waals surface area contributed by atoms with Gasteiger partial charge in [-0.2, -0.15) is 0 Å². The number of rotatable bonds is 2. The summed E-state index contributed by atoms with van der Waals surface area (Å²) >= 11 is 0. The van der Waals surface area contributed by atoms with Crippen molar-refractivity contribution in [1.82, 2.24) is 4.98 Å². The molecule has 23 heavy (non-hydrogen) atoms. The molecule has 1 atom stereocenters. The number of anilines is 1. The van der Waals surface area contributed by atoms with Gasteiger partial charge in [0.1, 0.15) is 5.82 Å². The van der Waals surface area contributed by atoms with Gasteiger partial charge in [-0.05, 0) is 39.9 Å². The highest BCUT2D eigenvalue weighted by atomic mass is 19.1. The van der Waals surface area contributed by atoms with Crippen LogP contribution >= 0.6 is 0 Å². The lowest BCUT2D eigenvalue weighted by Crippen LogP contribution is -2.05. The Hall–Kier alpha value is -2.68. The number of pyridine rings is 1. The molecule has 0 saturated carbocycles. The Bertz CT molecular complexity index is 885. The van der Waals surface area contributed by atoms with E-state index in [0.29, 0.717) is 0 Å². The molecule has 2 aromatic carbocycles. The third-order valence-corrected chi connectivity index (χ3v) is 4.73. The molecule has 0 aliphatic heterocycles. The number of aromatic nitrogens is 1. The summed E-state index contributed by atoms with van der Waals surface area (Å²) in [6, 6.07) is 15.8. The quantitative estimate of drug-likeness (QED) is 0.553. The third kappa shape index (κ3) is 2.20. The van der Waals surface area contributed by atoms with Gasteiger partial charge in [-0.15, -0.1) is 0 Å². The molecule has 4 rings (SSSR count). The van der Waals surface area contributed by atoms with E-state index in [1.165, 1.54) is 34.5 Å². The molecule has 0 bridgehead atoms. The molecule has 1 aromatic heterocycles. The lowest BCUT2D eigenvalue weighted by Gasteiger charge is -2.17. The molecule has 1 heterocycles. The average molecular weight is 304 g/mol. The van der Waals surface area contributed by atoms with Gasteiger partial charge in [-0.1, -0.05) is 43.3 Å². The summed E-state index contributed by atoms with van der Waals surface area (Å²) < 4.78 is 13.1. The monoisotopic (exact) mass is 304 g/mol. The van der Waals surface area contributed by atoms with E-state index in [4.69, 9.17) is 5.73 Å². The maximum atomic E-state index is 13.1. The number of halogens is 1. The fourth-order valence-corrected chi connectivity index (χ4v) is 3.43. The zero-order valence-electron chi connectivity index (χ0n) is 12.9. The van der Waals surface area contributed by atoms with Crippen LogP contribution in [-0.2, 0) is 6.42 Å². The molecule has 0 radical (unpaired) electrons. The molecule has 0 spiro atoms. The topological polar surface area (TPSA) is 38.9 Å². The Balaban J connectivity index is 1.78. The lowest BCUT2D eigenvalue weighted by atomic mass is 9.91. The van der Waals surface area contributed by atoms with Crippen molar-refractivity contribution in [2.24, 2.45) is 0 Å². The first-order chi connectivity index (χ1) is 11.1. The predicted molar refractivity (Wildman–Crippen MR) is 90.8 cm³/mol. The van der Waals surface area contributed by atoms with Crippen molar-refractivity contribution in [2.75, 3.05) is 5.73 Å². The molecule has 3 aromatic rings. The summed E-state index contributed by atoms with van der Waals surface area (Å²) in [5.41, 5.74) is 14.2. The molecule has 2 nitrogen and oxygen atoms in total. The van der Waals surface area contributed by atoms with E-state index in [1.807, 2.05) is 0 Å². The number of nitrogens with zero attached hydrogens (tertiary/aromatic N) is 1. The molecule has 1 aliphatic rings. The van der Waals surface area contributed by atoms with Gasteiger partial charge in [0.25, 0.3) is 0 Å². The standard InChI is InChI=1S/C20H17FN2/c1-12(19-9-6-14(21)11-23-19)15-7-8-17-16-5-3-2-4-13(16)10-18(17)20(15)22/h2-9,11-12H,10,22H2,1H3. The van der Waals surface area contributed by atoms with E-state index in [9.17, 15) is 4.39 Å². The number of nitrogen functional groups attached to an aromatic ring is 1.